The van der Waals surface area contributed by atoms with Crippen molar-refractivity contribution in [2.45, 2.75) is 20.3 Å². The van der Waals surface area contributed by atoms with Crippen molar-refractivity contribution >= 4 is 11.6 Å². The van der Waals surface area contributed by atoms with Crippen LogP contribution in [0.3, 0.4) is 0 Å². The van der Waals surface area contributed by atoms with E-state index in [1.54, 1.807) is 19.0 Å². The van der Waals surface area contributed by atoms with E-state index in [-0.39, 0.29) is 5.91 Å². The minimum absolute atomic E-state index is 0.0403. The average Bonchev–Trinajstić information content (AvgIpc) is 2.35. The molecule has 0 aromatic heterocycles. The van der Waals surface area contributed by atoms with E-state index < -0.39 is 0 Å². The van der Waals surface area contributed by atoms with Crippen LogP contribution in [-0.4, -0.2) is 31.4 Å². The van der Waals surface area contributed by atoms with Crippen molar-refractivity contribution in [2.75, 3.05) is 26.0 Å². The van der Waals surface area contributed by atoms with Gasteiger partial charge in [-0.3, -0.25) is 4.79 Å². The van der Waals surface area contributed by atoms with Crippen molar-refractivity contribution < 1.29 is 4.79 Å². The predicted octanol–water partition coefficient (Wildman–Crippen LogP) is 2.85. The first kappa shape index (κ1) is 13.6. The van der Waals surface area contributed by atoms with Crippen LogP contribution in [0, 0.1) is 5.92 Å². The number of carbonyl (C=O) groups is 1. The van der Waals surface area contributed by atoms with Crippen molar-refractivity contribution in [3.63, 3.8) is 0 Å². The fourth-order valence-electron chi connectivity index (χ4n) is 1.43. The molecule has 0 saturated heterocycles. The van der Waals surface area contributed by atoms with Crippen molar-refractivity contribution in [1.29, 1.82) is 0 Å². The number of hydrogen-bond donors (Lipinski definition) is 1. The van der Waals surface area contributed by atoms with E-state index in [1.807, 2.05) is 24.3 Å². The van der Waals surface area contributed by atoms with Crippen LogP contribution in [0.5, 0.6) is 0 Å². The minimum Gasteiger partial charge on any atom is -0.385 e. The third kappa shape index (κ3) is 4.10. The van der Waals surface area contributed by atoms with Crippen LogP contribution in [-0.2, 0) is 0 Å². The number of benzene rings is 1. The summed E-state index contributed by atoms with van der Waals surface area (Å²) in [5.41, 5.74) is 1.80. The van der Waals surface area contributed by atoms with E-state index >= 15 is 0 Å². The fraction of sp³-hybridized carbons (Fsp3) is 0.500. The Morgan fingerprint density at radius 2 is 1.88 bits per heavy atom. The van der Waals surface area contributed by atoms with Gasteiger partial charge >= 0.3 is 0 Å². The number of anilines is 1. The molecule has 1 aromatic rings. The molecular weight excluding hydrogens is 212 g/mol. The molecule has 0 saturated carbocycles. The van der Waals surface area contributed by atoms with E-state index in [9.17, 15) is 4.79 Å². The smallest absolute Gasteiger partial charge is 0.253 e. The molecule has 1 atom stereocenters. The van der Waals surface area contributed by atoms with Crippen LogP contribution < -0.4 is 5.32 Å². The molecule has 1 amide bonds. The fourth-order valence-corrected chi connectivity index (χ4v) is 1.43. The quantitative estimate of drug-likeness (QED) is 0.849. The molecule has 0 aliphatic rings. The molecule has 0 fully saturated rings. The summed E-state index contributed by atoms with van der Waals surface area (Å²) in [4.78, 5) is 13.3. The maximum atomic E-state index is 11.7. The maximum absolute atomic E-state index is 11.7. The monoisotopic (exact) mass is 234 g/mol. The topological polar surface area (TPSA) is 32.3 Å². The summed E-state index contributed by atoms with van der Waals surface area (Å²) in [6.07, 6.45) is 1.17. The molecule has 1 unspecified atom stereocenters. The third-order valence-electron chi connectivity index (χ3n) is 2.89. The van der Waals surface area contributed by atoms with E-state index in [2.05, 4.69) is 19.2 Å². The van der Waals surface area contributed by atoms with Crippen molar-refractivity contribution in [2.24, 2.45) is 5.92 Å². The van der Waals surface area contributed by atoms with Gasteiger partial charge in [-0.1, -0.05) is 20.3 Å². The van der Waals surface area contributed by atoms with Gasteiger partial charge in [-0.15, -0.1) is 0 Å². The lowest BCUT2D eigenvalue weighted by Crippen LogP contribution is -2.21. The Kier molecular flexibility index (Phi) is 5.01. The normalized spacial score (nSPS) is 12.0. The number of nitrogens with zero attached hydrogens (tertiary/aromatic N) is 1. The molecule has 1 N–H and O–H groups in total. The standard InChI is InChI=1S/C14H22N2O/c1-5-11(2)10-15-13-8-6-12(7-9-13)14(17)16(3)4/h6-9,11,15H,5,10H2,1-4H3. The molecule has 3 heteroatoms. The van der Waals surface area contributed by atoms with Crippen LogP contribution in [0.1, 0.15) is 30.6 Å². The highest BCUT2D eigenvalue weighted by Crippen LogP contribution is 2.12. The molecule has 0 heterocycles. The van der Waals surface area contributed by atoms with Crippen LogP contribution in [0.2, 0.25) is 0 Å². The molecule has 1 rings (SSSR count). The molecule has 94 valence electrons. The van der Waals surface area contributed by atoms with Crippen LogP contribution in [0.4, 0.5) is 5.69 Å². The van der Waals surface area contributed by atoms with Gasteiger partial charge in [0.2, 0.25) is 0 Å². The first-order valence-electron chi connectivity index (χ1n) is 6.10. The Morgan fingerprint density at radius 3 is 2.35 bits per heavy atom. The predicted molar refractivity (Wildman–Crippen MR) is 72.4 cm³/mol. The molecule has 0 spiro atoms. The zero-order chi connectivity index (χ0) is 12.8. The minimum atomic E-state index is 0.0403. The van der Waals surface area contributed by atoms with Crippen LogP contribution >= 0.6 is 0 Å². The first-order chi connectivity index (χ1) is 8.04. The summed E-state index contributed by atoms with van der Waals surface area (Å²) >= 11 is 0. The maximum Gasteiger partial charge on any atom is 0.253 e. The lowest BCUT2D eigenvalue weighted by molar-refractivity contribution is 0.0827. The van der Waals surface area contributed by atoms with Crippen LogP contribution in [0.25, 0.3) is 0 Å². The molecule has 0 aliphatic carbocycles. The summed E-state index contributed by atoms with van der Waals surface area (Å²) in [5, 5.41) is 3.37. The third-order valence-corrected chi connectivity index (χ3v) is 2.89. The highest BCUT2D eigenvalue weighted by molar-refractivity contribution is 5.94. The van der Waals surface area contributed by atoms with Crippen molar-refractivity contribution in [3.05, 3.63) is 29.8 Å². The molecule has 0 bridgehead atoms. The van der Waals surface area contributed by atoms with E-state index in [4.69, 9.17) is 0 Å². The summed E-state index contributed by atoms with van der Waals surface area (Å²) in [6.45, 7) is 5.37. The molecule has 1 aromatic carbocycles. The Bertz CT molecular complexity index is 357. The number of hydrogen-bond acceptors (Lipinski definition) is 2. The lowest BCUT2D eigenvalue weighted by Gasteiger charge is -2.13. The van der Waals surface area contributed by atoms with Crippen LogP contribution in [0.15, 0.2) is 24.3 Å². The second-order valence-electron chi connectivity index (χ2n) is 4.67. The number of nitrogens with one attached hydrogen (secondary N) is 1. The van der Waals surface area contributed by atoms with Crippen molar-refractivity contribution in [1.82, 2.24) is 4.90 Å². The average molecular weight is 234 g/mol. The Hall–Kier alpha value is -1.51. The largest absolute Gasteiger partial charge is 0.385 e. The van der Waals surface area contributed by atoms with Gasteiger partial charge in [0, 0.05) is 31.9 Å². The Labute approximate surface area is 104 Å². The zero-order valence-electron chi connectivity index (χ0n) is 11.2. The molecular formula is C14H22N2O. The van der Waals surface area contributed by atoms with Gasteiger partial charge in [0.25, 0.3) is 5.91 Å². The highest BCUT2D eigenvalue weighted by Gasteiger charge is 2.07. The molecule has 0 aliphatic heterocycles. The number of carbonyl (C=O) groups excluding carboxylic acids is 1. The summed E-state index contributed by atoms with van der Waals surface area (Å²) in [7, 11) is 3.52. The van der Waals surface area contributed by atoms with Gasteiger partial charge in [0.15, 0.2) is 0 Å². The van der Waals surface area contributed by atoms with Gasteiger partial charge in [0.05, 0.1) is 0 Å². The summed E-state index contributed by atoms with van der Waals surface area (Å²) in [5.74, 6) is 0.705. The van der Waals surface area contributed by atoms with E-state index in [0.29, 0.717) is 5.92 Å². The number of rotatable bonds is 5. The molecule has 17 heavy (non-hydrogen) atoms. The highest BCUT2D eigenvalue weighted by atomic mass is 16.2. The second kappa shape index (κ2) is 6.28. The SMILES string of the molecule is CCC(C)CNc1ccc(C(=O)N(C)C)cc1. The molecule has 0 radical (unpaired) electrons. The van der Waals surface area contributed by atoms with E-state index in [1.165, 1.54) is 6.42 Å². The summed E-state index contributed by atoms with van der Waals surface area (Å²) < 4.78 is 0. The lowest BCUT2D eigenvalue weighted by atomic mass is 10.1. The zero-order valence-corrected chi connectivity index (χ0v) is 11.2. The first-order valence-corrected chi connectivity index (χ1v) is 6.10. The summed E-state index contributed by atoms with van der Waals surface area (Å²) in [6, 6.07) is 7.64. The van der Waals surface area contributed by atoms with Gasteiger partial charge in [0.1, 0.15) is 0 Å². The Balaban J connectivity index is 2.59. The van der Waals surface area contributed by atoms with Gasteiger partial charge in [-0.2, -0.15) is 0 Å². The molecule has 3 nitrogen and oxygen atoms in total. The second-order valence-corrected chi connectivity index (χ2v) is 4.67. The van der Waals surface area contributed by atoms with Gasteiger partial charge in [-0.25, -0.2) is 0 Å². The number of amides is 1. The Morgan fingerprint density at radius 1 is 1.29 bits per heavy atom. The van der Waals surface area contributed by atoms with Gasteiger partial charge < -0.3 is 10.2 Å². The van der Waals surface area contributed by atoms with Crippen molar-refractivity contribution in [3.8, 4) is 0 Å². The van der Waals surface area contributed by atoms with E-state index in [0.717, 1.165) is 17.8 Å². The van der Waals surface area contributed by atoms with Gasteiger partial charge in [-0.05, 0) is 30.2 Å².